The quantitative estimate of drug-likeness (QED) is 0.874. The Morgan fingerprint density at radius 1 is 1.48 bits per heavy atom. The van der Waals surface area contributed by atoms with E-state index in [4.69, 9.17) is 9.72 Å². The van der Waals surface area contributed by atoms with Gasteiger partial charge in [-0.05, 0) is 43.7 Å². The lowest BCUT2D eigenvalue weighted by Crippen LogP contribution is -2.36. The Labute approximate surface area is 128 Å². The maximum Gasteiger partial charge on any atom is 0.160 e. The zero-order valence-corrected chi connectivity index (χ0v) is 13.9. The molecule has 21 heavy (non-hydrogen) atoms. The van der Waals surface area contributed by atoms with E-state index in [1.165, 1.54) is 12.8 Å². The maximum absolute atomic E-state index is 5.89. The van der Waals surface area contributed by atoms with Crippen molar-refractivity contribution in [3.63, 3.8) is 0 Å². The van der Waals surface area contributed by atoms with E-state index in [1.54, 1.807) is 7.11 Å². The highest BCUT2D eigenvalue weighted by molar-refractivity contribution is 5.10. The third-order valence-electron chi connectivity index (χ3n) is 4.33. The van der Waals surface area contributed by atoms with Crippen LogP contribution in [0, 0.1) is 11.8 Å². The molecule has 2 atom stereocenters. The lowest BCUT2D eigenvalue weighted by atomic mass is 9.78. The maximum atomic E-state index is 5.89. The number of ether oxygens (including phenoxy) is 1. The summed E-state index contributed by atoms with van der Waals surface area (Å²) in [6.07, 6.45) is 6.38. The van der Waals surface area contributed by atoms with Gasteiger partial charge in [-0.1, -0.05) is 27.2 Å². The van der Waals surface area contributed by atoms with Crippen LogP contribution in [-0.4, -0.2) is 23.6 Å². The third-order valence-corrected chi connectivity index (χ3v) is 4.33. The van der Waals surface area contributed by atoms with Crippen molar-refractivity contribution in [1.29, 1.82) is 0 Å². The molecule has 1 saturated carbocycles. The number of nitrogens with one attached hydrogen (secondary N) is 1. The Kier molecular flexibility index (Phi) is 5.71. The minimum absolute atomic E-state index is 0.286. The van der Waals surface area contributed by atoms with E-state index in [9.17, 15) is 0 Å². The van der Waals surface area contributed by atoms with Gasteiger partial charge in [0.1, 0.15) is 5.60 Å². The molecule has 2 unspecified atom stereocenters. The Bertz CT molecular complexity index is 449. The number of hydrogen-bond acceptors (Lipinski definition) is 4. The average molecular weight is 291 g/mol. The molecule has 1 aliphatic rings. The molecule has 0 radical (unpaired) electrons. The van der Waals surface area contributed by atoms with Gasteiger partial charge in [0, 0.05) is 19.9 Å². The van der Waals surface area contributed by atoms with Crippen molar-refractivity contribution in [1.82, 2.24) is 15.3 Å². The molecule has 1 heterocycles. The number of methoxy groups -OCH3 is 1. The second kappa shape index (κ2) is 7.32. The SMILES string of the molecule is COC1(c2nccc(CNCC(C)C)n2)CCCC(C)C1. The third kappa shape index (κ3) is 4.24. The van der Waals surface area contributed by atoms with Crippen LogP contribution < -0.4 is 5.32 Å². The number of hydrogen-bond donors (Lipinski definition) is 1. The van der Waals surface area contributed by atoms with Crippen LogP contribution in [0.5, 0.6) is 0 Å². The molecule has 0 aromatic carbocycles. The van der Waals surface area contributed by atoms with Gasteiger partial charge in [-0.2, -0.15) is 0 Å². The van der Waals surface area contributed by atoms with E-state index >= 15 is 0 Å². The van der Waals surface area contributed by atoms with Gasteiger partial charge in [-0.25, -0.2) is 9.97 Å². The molecular formula is C17H29N3O. The van der Waals surface area contributed by atoms with Gasteiger partial charge >= 0.3 is 0 Å². The lowest BCUT2D eigenvalue weighted by molar-refractivity contribution is -0.0647. The Hall–Kier alpha value is -1.00. The molecule has 0 bridgehead atoms. The number of nitrogens with zero attached hydrogens (tertiary/aromatic N) is 2. The Balaban J connectivity index is 2.11. The molecule has 1 aliphatic carbocycles. The van der Waals surface area contributed by atoms with Gasteiger partial charge in [0.05, 0.1) is 5.69 Å². The van der Waals surface area contributed by atoms with Crippen LogP contribution in [0.3, 0.4) is 0 Å². The highest BCUT2D eigenvalue weighted by atomic mass is 16.5. The van der Waals surface area contributed by atoms with Gasteiger partial charge in [0.2, 0.25) is 0 Å². The van der Waals surface area contributed by atoms with Crippen LogP contribution in [0.25, 0.3) is 0 Å². The summed E-state index contributed by atoms with van der Waals surface area (Å²) in [5.41, 5.74) is 0.765. The summed E-state index contributed by atoms with van der Waals surface area (Å²) in [5, 5.41) is 3.44. The van der Waals surface area contributed by atoms with E-state index in [1.807, 2.05) is 12.3 Å². The minimum Gasteiger partial charge on any atom is -0.370 e. The van der Waals surface area contributed by atoms with Crippen LogP contribution in [0.1, 0.15) is 58.0 Å². The van der Waals surface area contributed by atoms with Crippen molar-refractivity contribution in [2.24, 2.45) is 11.8 Å². The monoisotopic (exact) mass is 291 g/mol. The largest absolute Gasteiger partial charge is 0.370 e. The first kappa shape index (κ1) is 16.4. The molecule has 1 aromatic heterocycles. The minimum atomic E-state index is -0.286. The zero-order chi connectivity index (χ0) is 15.3. The first-order valence-electron chi connectivity index (χ1n) is 8.14. The Morgan fingerprint density at radius 3 is 2.95 bits per heavy atom. The lowest BCUT2D eigenvalue weighted by Gasteiger charge is -2.37. The van der Waals surface area contributed by atoms with Crippen molar-refractivity contribution >= 4 is 0 Å². The molecule has 0 spiro atoms. The fraction of sp³-hybridized carbons (Fsp3) is 0.765. The molecule has 1 fully saturated rings. The summed E-state index contributed by atoms with van der Waals surface area (Å²) < 4.78 is 5.89. The normalized spacial score (nSPS) is 26.2. The fourth-order valence-corrected chi connectivity index (χ4v) is 3.19. The molecule has 0 amide bonds. The summed E-state index contributed by atoms with van der Waals surface area (Å²) in [6.45, 7) is 8.51. The molecule has 1 aromatic rings. The van der Waals surface area contributed by atoms with Crippen molar-refractivity contribution in [2.75, 3.05) is 13.7 Å². The van der Waals surface area contributed by atoms with Crippen LogP contribution in [0.4, 0.5) is 0 Å². The Morgan fingerprint density at radius 2 is 2.29 bits per heavy atom. The van der Waals surface area contributed by atoms with Crippen LogP contribution in [0.2, 0.25) is 0 Å². The standard InChI is InChI=1S/C17H29N3O/c1-13(2)11-18-12-15-7-9-19-16(20-15)17(21-4)8-5-6-14(3)10-17/h7,9,13-14,18H,5-6,8,10-12H2,1-4H3. The molecule has 4 nitrogen and oxygen atoms in total. The summed E-state index contributed by atoms with van der Waals surface area (Å²) in [6, 6.07) is 1.99. The molecule has 1 N–H and O–H groups in total. The van der Waals surface area contributed by atoms with Gasteiger partial charge in [-0.15, -0.1) is 0 Å². The van der Waals surface area contributed by atoms with Crippen molar-refractivity contribution < 1.29 is 4.74 Å². The van der Waals surface area contributed by atoms with Crippen molar-refractivity contribution in [2.45, 2.75) is 58.6 Å². The van der Waals surface area contributed by atoms with E-state index in [0.717, 1.165) is 37.4 Å². The molecule has 4 heteroatoms. The summed E-state index contributed by atoms with van der Waals surface area (Å²) in [4.78, 5) is 9.29. The van der Waals surface area contributed by atoms with E-state index in [0.29, 0.717) is 11.8 Å². The fourth-order valence-electron chi connectivity index (χ4n) is 3.19. The van der Waals surface area contributed by atoms with Gasteiger partial charge in [-0.3, -0.25) is 0 Å². The topological polar surface area (TPSA) is 47.0 Å². The second-order valence-corrected chi connectivity index (χ2v) is 6.80. The zero-order valence-electron chi connectivity index (χ0n) is 13.9. The van der Waals surface area contributed by atoms with Gasteiger partial charge < -0.3 is 10.1 Å². The molecule has 0 saturated heterocycles. The van der Waals surface area contributed by atoms with E-state index in [-0.39, 0.29) is 5.60 Å². The van der Waals surface area contributed by atoms with Crippen LogP contribution in [-0.2, 0) is 16.9 Å². The smallest absolute Gasteiger partial charge is 0.160 e. The highest BCUT2D eigenvalue weighted by Gasteiger charge is 2.39. The van der Waals surface area contributed by atoms with Crippen molar-refractivity contribution in [3.05, 3.63) is 23.8 Å². The van der Waals surface area contributed by atoms with Crippen LogP contribution >= 0.6 is 0 Å². The summed E-state index contributed by atoms with van der Waals surface area (Å²) >= 11 is 0. The first-order valence-corrected chi connectivity index (χ1v) is 8.14. The van der Waals surface area contributed by atoms with E-state index < -0.39 is 0 Å². The summed E-state index contributed by atoms with van der Waals surface area (Å²) in [5.74, 6) is 2.18. The molecular weight excluding hydrogens is 262 g/mol. The predicted octanol–water partition coefficient (Wildman–Crippen LogP) is 3.27. The van der Waals surface area contributed by atoms with E-state index in [2.05, 4.69) is 31.1 Å². The number of rotatable bonds is 6. The van der Waals surface area contributed by atoms with Crippen LogP contribution in [0.15, 0.2) is 12.3 Å². The highest BCUT2D eigenvalue weighted by Crippen LogP contribution is 2.40. The second-order valence-electron chi connectivity index (χ2n) is 6.80. The summed E-state index contributed by atoms with van der Waals surface area (Å²) in [7, 11) is 1.80. The molecule has 0 aliphatic heterocycles. The molecule has 118 valence electrons. The average Bonchev–Trinajstić information content (AvgIpc) is 2.47. The van der Waals surface area contributed by atoms with Crippen molar-refractivity contribution in [3.8, 4) is 0 Å². The van der Waals surface area contributed by atoms with Gasteiger partial charge in [0.25, 0.3) is 0 Å². The first-order chi connectivity index (χ1) is 10.1. The predicted molar refractivity (Wildman–Crippen MR) is 84.9 cm³/mol. The number of aromatic nitrogens is 2. The van der Waals surface area contributed by atoms with Gasteiger partial charge in [0.15, 0.2) is 5.82 Å². The molecule has 2 rings (SSSR count).